The quantitative estimate of drug-likeness (QED) is 0.322. The Labute approximate surface area is 214 Å². The van der Waals surface area contributed by atoms with Crippen molar-refractivity contribution in [3.63, 3.8) is 0 Å². The van der Waals surface area contributed by atoms with Gasteiger partial charge in [-0.15, -0.1) is 22.7 Å². The minimum absolute atomic E-state index is 0. The van der Waals surface area contributed by atoms with Crippen molar-refractivity contribution in [2.75, 3.05) is 31.1 Å². The van der Waals surface area contributed by atoms with Gasteiger partial charge >= 0.3 is 0 Å². The van der Waals surface area contributed by atoms with E-state index in [0.29, 0.717) is 13.0 Å². The first-order valence-corrected chi connectivity index (χ1v) is 13.2. The number of rotatable bonds is 5. The maximum atomic E-state index is 10.1. The first kappa shape index (κ1) is 23.3. The fourth-order valence-electron chi connectivity index (χ4n) is 4.00. The number of carbonyl (C=O) groups is 1. The Kier molecular flexibility index (Phi) is 7.27. The topological polar surface area (TPSA) is 83.0 Å². The van der Waals surface area contributed by atoms with Crippen LogP contribution in [0.1, 0.15) is 14.0 Å². The molecule has 0 spiro atoms. The lowest BCUT2D eigenvalue weighted by Crippen LogP contribution is -2.43. The lowest BCUT2D eigenvalue weighted by molar-refractivity contribution is -0.109. The molecule has 1 fully saturated rings. The molecule has 0 radical (unpaired) electrons. The summed E-state index contributed by atoms with van der Waals surface area (Å²) in [5, 5.41) is 7.17. The SMILES string of the molecule is Cc1ccc(-c2cc3c(N4CCNCC4)ncnc3s2)cc1.O=CNCc1ccc2scnc2c1.[HH].[HH]. The van der Waals surface area contributed by atoms with Gasteiger partial charge in [0.25, 0.3) is 0 Å². The number of nitrogens with zero attached hydrogens (tertiary/aromatic N) is 4. The van der Waals surface area contributed by atoms with Crippen LogP contribution in [0.3, 0.4) is 0 Å². The fraction of sp³-hybridized carbons (Fsp3) is 0.231. The van der Waals surface area contributed by atoms with Gasteiger partial charge in [-0.1, -0.05) is 35.9 Å². The van der Waals surface area contributed by atoms with Gasteiger partial charge in [-0.25, -0.2) is 15.0 Å². The molecular weight excluding hydrogens is 476 g/mol. The number of aromatic nitrogens is 3. The third kappa shape index (κ3) is 5.48. The number of aryl methyl sites for hydroxylation is 1. The van der Waals surface area contributed by atoms with Crippen LogP contribution in [0.4, 0.5) is 5.82 Å². The number of benzene rings is 2. The molecule has 0 saturated carbocycles. The average Bonchev–Trinajstić information content (AvgIpc) is 3.55. The van der Waals surface area contributed by atoms with Crippen molar-refractivity contribution in [3.05, 3.63) is 71.5 Å². The minimum Gasteiger partial charge on any atom is -0.355 e. The zero-order valence-electron chi connectivity index (χ0n) is 19.4. The summed E-state index contributed by atoms with van der Waals surface area (Å²) in [4.78, 5) is 27.9. The second-order valence-corrected chi connectivity index (χ2v) is 10.2. The third-order valence-electron chi connectivity index (χ3n) is 5.85. The first-order chi connectivity index (χ1) is 17.2. The number of thiazole rings is 1. The van der Waals surface area contributed by atoms with Gasteiger partial charge in [0.2, 0.25) is 6.41 Å². The molecule has 35 heavy (non-hydrogen) atoms. The Morgan fingerprint density at radius 2 is 1.91 bits per heavy atom. The molecule has 5 aromatic rings. The van der Waals surface area contributed by atoms with Gasteiger partial charge in [-0.3, -0.25) is 4.79 Å². The van der Waals surface area contributed by atoms with E-state index in [1.165, 1.54) is 26.1 Å². The van der Waals surface area contributed by atoms with E-state index in [9.17, 15) is 4.79 Å². The molecule has 1 saturated heterocycles. The largest absolute Gasteiger partial charge is 0.355 e. The Bertz CT molecular complexity index is 1430. The monoisotopic (exact) mass is 506 g/mol. The molecule has 1 aliphatic heterocycles. The number of amides is 1. The van der Waals surface area contributed by atoms with Crippen molar-refractivity contribution in [1.82, 2.24) is 25.6 Å². The number of hydrogen-bond acceptors (Lipinski definition) is 8. The molecule has 7 nitrogen and oxygen atoms in total. The summed E-state index contributed by atoms with van der Waals surface area (Å²) in [6, 6.07) is 16.9. The van der Waals surface area contributed by atoms with E-state index in [1.807, 2.05) is 23.7 Å². The summed E-state index contributed by atoms with van der Waals surface area (Å²) >= 11 is 3.36. The summed E-state index contributed by atoms with van der Waals surface area (Å²) in [5.41, 5.74) is 6.42. The van der Waals surface area contributed by atoms with E-state index >= 15 is 0 Å². The second-order valence-electron chi connectivity index (χ2n) is 8.28. The number of anilines is 1. The highest BCUT2D eigenvalue weighted by atomic mass is 32.1. The molecular formula is C26H30N6OS2. The lowest BCUT2D eigenvalue weighted by Gasteiger charge is -2.28. The molecule has 6 rings (SSSR count). The molecule has 1 aliphatic rings. The van der Waals surface area contributed by atoms with Gasteiger partial charge in [0.1, 0.15) is 17.0 Å². The zero-order valence-corrected chi connectivity index (χ0v) is 21.0. The third-order valence-corrected chi connectivity index (χ3v) is 7.75. The second kappa shape index (κ2) is 10.9. The number of fused-ring (bicyclic) bond motifs is 2. The molecule has 9 heteroatoms. The summed E-state index contributed by atoms with van der Waals surface area (Å²) in [6.07, 6.45) is 2.39. The molecule has 182 valence electrons. The van der Waals surface area contributed by atoms with E-state index in [0.717, 1.165) is 47.9 Å². The van der Waals surface area contributed by atoms with Crippen molar-refractivity contribution in [2.24, 2.45) is 0 Å². The number of hydrogen-bond donors (Lipinski definition) is 2. The van der Waals surface area contributed by atoms with Crippen LogP contribution in [0.15, 0.2) is 60.4 Å². The van der Waals surface area contributed by atoms with Crippen LogP contribution < -0.4 is 15.5 Å². The molecule has 4 heterocycles. The van der Waals surface area contributed by atoms with E-state index < -0.39 is 0 Å². The van der Waals surface area contributed by atoms with Crippen molar-refractivity contribution >= 4 is 55.3 Å². The highest BCUT2D eigenvalue weighted by molar-refractivity contribution is 7.21. The first-order valence-electron chi connectivity index (χ1n) is 11.5. The standard InChI is InChI=1S/C17H18N4S.C9H8N2OS.2H2/c1-12-2-4-13(5-3-12)15-10-14-16(19-11-20-17(14)22-15)21-8-6-18-7-9-21;12-5-10-4-7-1-2-9-8(3-7)11-6-13-9;;/h2-5,10-11,18H,6-9H2,1H3;1-3,5-6H,4H2,(H,10,12);2*1H. The molecule has 2 aromatic carbocycles. The summed E-state index contributed by atoms with van der Waals surface area (Å²) in [5.74, 6) is 1.07. The Morgan fingerprint density at radius 3 is 2.71 bits per heavy atom. The fourth-order valence-corrected chi connectivity index (χ4v) is 5.66. The summed E-state index contributed by atoms with van der Waals surface area (Å²) in [6.45, 7) is 6.71. The Morgan fingerprint density at radius 1 is 1.09 bits per heavy atom. The van der Waals surface area contributed by atoms with E-state index in [4.69, 9.17) is 0 Å². The van der Waals surface area contributed by atoms with E-state index in [-0.39, 0.29) is 2.85 Å². The number of nitrogens with one attached hydrogen (secondary N) is 2. The van der Waals surface area contributed by atoms with Gasteiger partial charge in [-0.2, -0.15) is 0 Å². The predicted molar refractivity (Wildman–Crippen MR) is 149 cm³/mol. The van der Waals surface area contributed by atoms with E-state index in [1.54, 1.807) is 29.0 Å². The normalized spacial score (nSPS) is 13.5. The maximum Gasteiger partial charge on any atom is 0.207 e. The van der Waals surface area contributed by atoms with Crippen molar-refractivity contribution in [3.8, 4) is 10.4 Å². The smallest absolute Gasteiger partial charge is 0.207 e. The summed E-state index contributed by atoms with van der Waals surface area (Å²) < 4.78 is 1.18. The molecule has 0 aliphatic carbocycles. The Hall–Kier alpha value is -3.40. The average molecular weight is 507 g/mol. The van der Waals surface area contributed by atoms with Crippen molar-refractivity contribution < 1.29 is 7.65 Å². The molecule has 3 aromatic heterocycles. The van der Waals surface area contributed by atoms with Crippen molar-refractivity contribution in [1.29, 1.82) is 0 Å². The molecule has 0 atom stereocenters. The van der Waals surface area contributed by atoms with Crippen LogP contribution >= 0.6 is 22.7 Å². The minimum atomic E-state index is 0. The number of piperazine rings is 1. The molecule has 1 amide bonds. The summed E-state index contributed by atoms with van der Waals surface area (Å²) in [7, 11) is 0. The molecule has 0 bridgehead atoms. The van der Waals surface area contributed by atoms with Gasteiger partial charge in [0.15, 0.2) is 0 Å². The highest BCUT2D eigenvalue weighted by Crippen LogP contribution is 2.36. The van der Waals surface area contributed by atoms with Gasteiger partial charge < -0.3 is 15.5 Å². The molecule has 2 N–H and O–H groups in total. The number of carbonyl (C=O) groups excluding carboxylic acids is 1. The number of thiophene rings is 1. The van der Waals surface area contributed by atoms with Gasteiger partial charge in [0, 0.05) is 40.5 Å². The van der Waals surface area contributed by atoms with Crippen molar-refractivity contribution in [2.45, 2.75) is 13.5 Å². The molecule has 0 unspecified atom stereocenters. The van der Waals surface area contributed by atoms with Crippen LogP contribution in [0.25, 0.3) is 30.9 Å². The van der Waals surface area contributed by atoms with Crippen LogP contribution in [0.2, 0.25) is 0 Å². The van der Waals surface area contributed by atoms with Gasteiger partial charge in [-0.05, 0) is 36.2 Å². The van der Waals surface area contributed by atoms with E-state index in [2.05, 4.69) is 67.7 Å². The van der Waals surface area contributed by atoms with Crippen LogP contribution in [-0.2, 0) is 11.3 Å². The predicted octanol–water partition coefficient (Wildman–Crippen LogP) is 5.11. The van der Waals surface area contributed by atoms with Crippen LogP contribution in [0, 0.1) is 6.92 Å². The zero-order chi connectivity index (χ0) is 24.0. The lowest BCUT2D eigenvalue weighted by atomic mass is 10.1. The maximum absolute atomic E-state index is 10.1. The van der Waals surface area contributed by atoms with Gasteiger partial charge in [0.05, 0.1) is 21.1 Å². The Balaban J connectivity index is 0.000000219. The highest BCUT2D eigenvalue weighted by Gasteiger charge is 2.17. The van der Waals surface area contributed by atoms with Crippen LogP contribution in [0.5, 0.6) is 0 Å². The van der Waals surface area contributed by atoms with Crippen LogP contribution in [-0.4, -0.2) is 47.5 Å².